The lowest BCUT2D eigenvalue weighted by atomic mass is 10.3. The maximum Gasteiger partial charge on any atom is 0.230 e. The van der Waals surface area contributed by atoms with E-state index >= 15 is 0 Å². The van der Waals surface area contributed by atoms with Crippen molar-refractivity contribution in [3.63, 3.8) is 0 Å². The van der Waals surface area contributed by atoms with Crippen LogP contribution in [0.25, 0.3) is 0 Å². The lowest BCUT2D eigenvalue weighted by molar-refractivity contribution is -0.119. The van der Waals surface area contributed by atoms with E-state index < -0.39 is 0 Å². The molecule has 0 fully saturated rings. The van der Waals surface area contributed by atoms with Crippen molar-refractivity contribution >= 4 is 35.1 Å². The van der Waals surface area contributed by atoms with Crippen molar-refractivity contribution in [2.24, 2.45) is 0 Å². The highest BCUT2D eigenvalue weighted by Crippen LogP contribution is 2.22. The van der Waals surface area contributed by atoms with Crippen molar-refractivity contribution in [2.45, 2.75) is 58.2 Å². The molecule has 1 rings (SSSR count). The molecule has 0 aliphatic rings. The van der Waals surface area contributed by atoms with E-state index in [4.69, 9.17) is 11.6 Å². The molecule has 1 heterocycles. The van der Waals surface area contributed by atoms with E-state index in [1.807, 2.05) is 13.8 Å². The van der Waals surface area contributed by atoms with Crippen LogP contribution >= 0.6 is 23.4 Å². The minimum atomic E-state index is -0.00607. The topological polar surface area (TPSA) is 58.1 Å². The number of halogens is 1. The molecule has 1 atom stereocenters. The molecular formula is C16H27ClN4OS. The Morgan fingerprint density at radius 2 is 1.96 bits per heavy atom. The predicted molar refractivity (Wildman–Crippen MR) is 98.5 cm³/mol. The molecule has 1 N–H and O–H groups in total. The average Bonchev–Trinajstić information content (AvgIpc) is 2.52. The monoisotopic (exact) mass is 358 g/mol. The minimum Gasteiger partial charge on any atom is -0.356 e. The fraction of sp³-hybridized carbons (Fsp3) is 0.688. The van der Waals surface area contributed by atoms with E-state index in [1.165, 1.54) is 11.8 Å². The number of amides is 1. The van der Waals surface area contributed by atoms with Gasteiger partial charge < -0.3 is 10.2 Å². The molecule has 23 heavy (non-hydrogen) atoms. The highest BCUT2D eigenvalue weighted by Gasteiger charge is 2.12. The van der Waals surface area contributed by atoms with Crippen LogP contribution in [-0.2, 0) is 4.79 Å². The Bertz CT molecular complexity index is 495. The molecule has 130 valence electrons. The SMILES string of the molecule is CCCN(CCC)c1cc(Cl)nc(SCC(=O)NC(C)CC)n1. The molecule has 1 unspecified atom stereocenters. The molecule has 0 saturated carbocycles. The van der Waals surface area contributed by atoms with Gasteiger partial charge in [-0.15, -0.1) is 0 Å². The van der Waals surface area contributed by atoms with Gasteiger partial charge in [-0.25, -0.2) is 9.97 Å². The summed E-state index contributed by atoms with van der Waals surface area (Å²) in [4.78, 5) is 22.8. The summed E-state index contributed by atoms with van der Waals surface area (Å²) in [7, 11) is 0. The van der Waals surface area contributed by atoms with Crippen LogP contribution in [0.15, 0.2) is 11.2 Å². The van der Waals surface area contributed by atoms with Crippen LogP contribution in [0.3, 0.4) is 0 Å². The van der Waals surface area contributed by atoms with E-state index in [-0.39, 0.29) is 11.9 Å². The normalized spacial score (nSPS) is 12.0. The van der Waals surface area contributed by atoms with Crippen LogP contribution in [-0.4, -0.2) is 40.8 Å². The van der Waals surface area contributed by atoms with Gasteiger partial charge >= 0.3 is 0 Å². The number of aromatic nitrogens is 2. The molecule has 0 aliphatic carbocycles. The van der Waals surface area contributed by atoms with Crippen LogP contribution in [0.2, 0.25) is 5.15 Å². The average molecular weight is 359 g/mol. The van der Waals surface area contributed by atoms with Crippen LogP contribution in [0, 0.1) is 0 Å². The number of rotatable bonds is 10. The smallest absolute Gasteiger partial charge is 0.230 e. The molecule has 5 nitrogen and oxygen atoms in total. The largest absolute Gasteiger partial charge is 0.356 e. The third-order valence-electron chi connectivity index (χ3n) is 3.32. The Morgan fingerprint density at radius 3 is 2.52 bits per heavy atom. The van der Waals surface area contributed by atoms with Gasteiger partial charge in [0.25, 0.3) is 0 Å². The maximum absolute atomic E-state index is 11.9. The second kappa shape index (κ2) is 10.7. The fourth-order valence-corrected chi connectivity index (χ4v) is 2.93. The molecule has 0 aliphatic heterocycles. The van der Waals surface area contributed by atoms with Crippen LogP contribution in [0.1, 0.15) is 47.0 Å². The fourth-order valence-electron chi connectivity index (χ4n) is 2.04. The van der Waals surface area contributed by atoms with Crippen molar-refractivity contribution in [2.75, 3.05) is 23.7 Å². The van der Waals surface area contributed by atoms with Crippen LogP contribution in [0.5, 0.6) is 0 Å². The summed E-state index contributed by atoms with van der Waals surface area (Å²) in [5.41, 5.74) is 0. The summed E-state index contributed by atoms with van der Waals surface area (Å²) in [6, 6.07) is 1.97. The van der Waals surface area contributed by atoms with Gasteiger partial charge in [-0.1, -0.05) is 44.1 Å². The van der Waals surface area contributed by atoms with Gasteiger partial charge in [0, 0.05) is 25.2 Å². The van der Waals surface area contributed by atoms with Crippen LogP contribution in [0.4, 0.5) is 5.82 Å². The van der Waals surface area contributed by atoms with Crippen molar-refractivity contribution in [1.29, 1.82) is 0 Å². The number of hydrogen-bond acceptors (Lipinski definition) is 5. The maximum atomic E-state index is 11.9. The summed E-state index contributed by atoms with van der Waals surface area (Å²) in [5.74, 6) is 1.12. The Labute approximate surface area is 148 Å². The van der Waals surface area contributed by atoms with Crippen LogP contribution < -0.4 is 10.2 Å². The molecule has 1 aromatic heterocycles. The van der Waals surface area contributed by atoms with E-state index in [0.29, 0.717) is 16.1 Å². The third kappa shape index (κ3) is 7.40. The second-order valence-corrected chi connectivity index (χ2v) is 6.81. The van der Waals surface area contributed by atoms with Crippen molar-refractivity contribution in [3.8, 4) is 0 Å². The summed E-state index contributed by atoms with van der Waals surface area (Å²) < 4.78 is 0. The summed E-state index contributed by atoms with van der Waals surface area (Å²) >= 11 is 7.44. The number of anilines is 1. The quantitative estimate of drug-likeness (QED) is 0.392. The summed E-state index contributed by atoms with van der Waals surface area (Å²) in [5, 5.41) is 3.89. The molecule has 1 amide bonds. The zero-order chi connectivity index (χ0) is 17.2. The molecule has 0 aromatic carbocycles. The molecule has 7 heteroatoms. The highest BCUT2D eigenvalue weighted by molar-refractivity contribution is 7.99. The Balaban J connectivity index is 2.74. The van der Waals surface area contributed by atoms with E-state index in [9.17, 15) is 4.79 Å². The molecule has 0 spiro atoms. The third-order valence-corrected chi connectivity index (χ3v) is 4.36. The number of carbonyl (C=O) groups is 1. The number of thioether (sulfide) groups is 1. The molecule has 0 radical (unpaired) electrons. The standard InChI is InChI=1S/C16H27ClN4OS/c1-5-8-21(9-6-2)14-10-13(17)19-16(20-14)23-11-15(22)18-12(4)7-3/h10,12H,5-9,11H2,1-4H3,(H,18,22). The first-order chi connectivity index (χ1) is 11.0. The molecule has 1 aromatic rings. The summed E-state index contributed by atoms with van der Waals surface area (Å²) in [6.07, 6.45) is 3.00. The number of carbonyl (C=O) groups excluding carboxylic acids is 1. The first-order valence-electron chi connectivity index (χ1n) is 8.21. The van der Waals surface area contributed by atoms with Gasteiger partial charge in [0.2, 0.25) is 5.91 Å². The number of nitrogens with one attached hydrogen (secondary N) is 1. The van der Waals surface area contributed by atoms with Crippen molar-refractivity contribution in [3.05, 3.63) is 11.2 Å². The molecule has 0 bridgehead atoms. The second-order valence-electron chi connectivity index (χ2n) is 5.48. The van der Waals surface area contributed by atoms with Gasteiger partial charge in [-0.3, -0.25) is 4.79 Å². The first-order valence-corrected chi connectivity index (χ1v) is 9.58. The minimum absolute atomic E-state index is 0.00607. The van der Waals surface area contributed by atoms with Gasteiger partial charge in [0.05, 0.1) is 5.75 Å². The van der Waals surface area contributed by atoms with Crippen molar-refractivity contribution in [1.82, 2.24) is 15.3 Å². The Morgan fingerprint density at radius 1 is 1.30 bits per heavy atom. The molecular weight excluding hydrogens is 332 g/mol. The molecule has 0 saturated heterocycles. The van der Waals surface area contributed by atoms with Gasteiger partial charge in [0.1, 0.15) is 11.0 Å². The lowest BCUT2D eigenvalue weighted by Crippen LogP contribution is -2.33. The number of nitrogens with zero attached hydrogens (tertiary/aromatic N) is 3. The number of hydrogen-bond donors (Lipinski definition) is 1. The Hall–Kier alpha value is -1.01. The Kier molecular flexibility index (Phi) is 9.33. The van der Waals surface area contributed by atoms with E-state index in [0.717, 1.165) is 38.2 Å². The van der Waals surface area contributed by atoms with E-state index in [1.54, 1.807) is 6.07 Å². The first kappa shape index (κ1) is 20.0. The zero-order valence-corrected chi connectivity index (χ0v) is 16.0. The van der Waals surface area contributed by atoms with E-state index in [2.05, 4.69) is 34.0 Å². The zero-order valence-electron chi connectivity index (χ0n) is 14.4. The lowest BCUT2D eigenvalue weighted by Gasteiger charge is -2.22. The summed E-state index contributed by atoms with van der Waals surface area (Å²) in [6.45, 7) is 10.2. The highest BCUT2D eigenvalue weighted by atomic mass is 35.5. The predicted octanol–water partition coefficient (Wildman–Crippen LogP) is 3.76. The van der Waals surface area contributed by atoms with Gasteiger partial charge in [-0.2, -0.15) is 0 Å². The van der Waals surface area contributed by atoms with Crippen molar-refractivity contribution < 1.29 is 4.79 Å². The van der Waals surface area contributed by atoms with Gasteiger partial charge in [0.15, 0.2) is 5.16 Å². The van der Waals surface area contributed by atoms with Gasteiger partial charge in [-0.05, 0) is 26.2 Å².